The molecule has 0 heterocycles. The Morgan fingerprint density at radius 2 is 1.88 bits per heavy atom. The molecule has 3 saturated carbocycles. The zero-order chi connectivity index (χ0) is 19.1. The number of alkyl halides is 2. The third kappa shape index (κ3) is 2.18. The molecule has 0 aromatic carbocycles. The second-order valence-corrected chi connectivity index (χ2v) is 9.50. The highest BCUT2D eigenvalue weighted by atomic mass is 19.3. The zero-order valence-corrected chi connectivity index (χ0v) is 15.6. The molecule has 0 aromatic rings. The van der Waals surface area contributed by atoms with Crippen LogP contribution in [0.1, 0.15) is 59.3 Å². The van der Waals surface area contributed by atoms with Gasteiger partial charge in [0.1, 0.15) is 11.6 Å². The molecule has 6 atom stereocenters. The Morgan fingerprint density at radius 3 is 2.54 bits per heavy atom. The minimum Gasteiger partial charge on any atom is -0.299 e. The van der Waals surface area contributed by atoms with E-state index in [0.29, 0.717) is 25.7 Å². The molecule has 5 heteroatoms. The van der Waals surface area contributed by atoms with Crippen LogP contribution in [0.5, 0.6) is 0 Å². The van der Waals surface area contributed by atoms with Gasteiger partial charge in [0.15, 0.2) is 5.78 Å². The van der Waals surface area contributed by atoms with E-state index < -0.39 is 28.5 Å². The van der Waals surface area contributed by atoms with E-state index in [4.69, 9.17) is 0 Å². The van der Waals surface area contributed by atoms with Gasteiger partial charge >= 0.3 is 0 Å². The van der Waals surface area contributed by atoms with Crippen LogP contribution in [0.2, 0.25) is 0 Å². The van der Waals surface area contributed by atoms with Gasteiger partial charge in [-0.15, -0.1) is 0 Å². The van der Waals surface area contributed by atoms with Crippen molar-refractivity contribution < 1.29 is 23.2 Å². The highest BCUT2D eigenvalue weighted by Gasteiger charge is 2.70. The predicted octanol–water partition coefficient (Wildman–Crippen LogP) is 4.15. The number of hydrogen-bond donors (Lipinski definition) is 0. The van der Waals surface area contributed by atoms with Gasteiger partial charge in [0.2, 0.25) is 0 Å². The molecule has 0 bridgehead atoms. The van der Waals surface area contributed by atoms with Crippen LogP contribution in [0, 0.1) is 34.5 Å². The average molecular weight is 364 g/mol. The summed E-state index contributed by atoms with van der Waals surface area (Å²) in [6.45, 7) is 5.01. The summed E-state index contributed by atoms with van der Waals surface area (Å²) in [6, 6.07) is 0. The van der Waals surface area contributed by atoms with Crippen LogP contribution in [-0.2, 0) is 14.4 Å². The SMILES string of the molecule is CC(=O)[C@H]1C(F)(F)C[C@H]2[C@@H]3CCC4=CC(=O)CC[C@]4(C)[C@H]3C(=O)C[C@@]21C. The fraction of sp³-hybridized carbons (Fsp3) is 0.762. The van der Waals surface area contributed by atoms with Gasteiger partial charge in [-0.3, -0.25) is 14.4 Å². The molecule has 0 saturated heterocycles. The quantitative estimate of drug-likeness (QED) is 0.702. The van der Waals surface area contributed by atoms with E-state index in [1.807, 2.05) is 6.92 Å². The lowest BCUT2D eigenvalue weighted by molar-refractivity contribution is -0.151. The zero-order valence-electron chi connectivity index (χ0n) is 15.6. The Bertz CT molecular complexity index is 740. The molecule has 26 heavy (non-hydrogen) atoms. The molecular weight excluding hydrogens is 338 g/mol. The number of rotatable bonds is 1. The molecule has 3 nitrogen and oxygen atoms in total. The Morgan fingerprint density at radius 1 is 1.19 bits per heavy atom. The summed E-state index contributed by atoms with van der Waals surface area (Å²) >= 11 is 0. The van der Waals surface area contributed by atoms with Crippen LogP contribution < -0.4 is 0 Å². The van der Waals surface area contributed by atoms with Gasteiger partial charge in [-0.1, -0.05) is 19.4 Å². The van der Waals surface area contributed by atoms with Crippen molar-refractivity contribution in [3.05, 3.63) is 11.6 Å². The van der Waals surface area contributed by atoms with Crippen LogP contribution in [0.25, 0.3) is 0 Å². The van der Waals surface area contributed by atoms with Gasteiger partial charge < -0.3 is 0 Å². The second-order valence-electron chi connectivity index (χ2n) is 9.50. The molecular formula is C21H26F2O3. The van der Waals surface area contributed by atoms with Crippen molar-refractivity contribution in [1.29, 1.82) is 0 Å². The lowest BCUT2D eigenvalue weighted by atomic mass is 9.46. The van der Waals surface area contributed by atoms with Crippen LogP contribution in [-0.4, -0.2) is 23.3 Å². The summed E-state index contributed by atoms with van der Waals surface area (Å²) in [5.74, 6) is -5.51. The standard InChI is InChI=1S/C21H26F2O3/c1-11(24)18-20(3)10-16(26)17-14(15(20)9-21(18,22)23)5-4-12-8-13(25)6-7-19(12,17)2/h8,14-15,17-18H,4-7,9-10H2,1-3H3/t14-,15-,17+,18+,19-,20-/m0/s1. The molecule has 0 unspecified atom stereocenters. The molecule has 0 aromatic heterocycles. The summed E-state index contributed by atoms with van der Waals surface area (Å²) < 4.78 is 29.6. The van der Waals surface area contributed by atoms with E-state index in [9.17, 15) is 23.2 Å². The fourth-order valence-corrected chi connectivity index (χ4v) is 7.14. The maximum absolute atomic E-state index is 14.8. The Kier molecular flexibility index (Phi) is 3.69. The van der Waals surface area contributed by atoms with Crippen molar-refractivity contribution in [3.8, 4) is 0 Å². The van der Waals surface area contributed by atoms with Crippen molar-refractivity contribution in [3.63, 3.8) is 0 Å². The van der Waals surface area contributed by atoms with Crippen molar-refractivity contribution >= 4 is 17.3 Å². The molecule has 0 spiro atoms. The van der Waals surface area contributed by atoms with Gasteiger partial charge in [0, 0.05) is 25.2 Å². The summed E-state index contributed by atoms with van der Waals surface area (Å²) in [7, 11) is 0. The van der Waals surface area contributed by atoms with Crippen molar-refractivity contribution in [1.82, 2.24) is 0 Å². The summed E-state index contributed by atoms with van der Waals surface area (Å²) in [5.41, 5.74) is -0.311. The monoisotopic (exact) mass is 364 g/mol. The predicted molar refractivity (Wildman–Crippen MR) is 91.6 cm³/mol. The van der Waals surface area contributed by atoms with E-state index in [1.165, 1.54) is 6.92 Å². The summed E-state index contributed by atoms with van der Waals surface area (Å²) in [6.07, 6.45) is 3.85. The van der Waals surface area contributed by atoms with Gasteiger partial charge in [-0.05, 0) is 54.9 Å². The van der Waals surface area contributed by atoms with E-state index >= 15 is 0 Å². The van der Waals surface area contributed by atoms with E-state index in [1.54, 1.807) is 13.0 Å². The normalized spacial score (nSPS) is 46.9. The first kappa shape index (κ1) is 18.0. The molecule has 4 aliphatic rings. The Labute approximate surface area is 152 Å². The third-order valence-electron chi connectivity index (χ3n) is 8.07. The molecule has 0 amide bonds. The number of carbonyl (C=O) groups excluding carboxylic acids is 3. The Balaban J connectivity index is 1.78. The highest BCUT2D eigenvalue weighted by molar-refractivity contribution is 5.93. The molecule has 3 fully saturated rings. The molecule has 0 aliphatic heterocycles. The van der Waals surface area contributed by atoms with Gasteiger partial charge in [0.25, 0.3) is 5.92 Å². The van der Waals surface area contributed by atoms with Crippen LogP contribution in [0.4, 0.5) is 8.78 Å². The maximum Gasteiger partial charge on any atom is 0.258 e. The minimum atomic E-state index is -3.04. The van der Waals surface area contributed by atoms with Crippen LogP contribution in [0.3, 0.4) is 0 Å². The number of hydrogen-bond acceptors (Lipinski definition) is 3. The first-order valence-electron chi connectivity index (χ1n) is 9.65. The van der Waals surface area contributed by atoms with Gasteiger partial charge in [-0.2, -0.15) is 0 Å². The molecule has 0 radical (unpaired) electrons. The van der Waals surface area contributed by atoms with Crippen molar-refractivity contribution in [2.75, 3.05) is 0 Å². The molecule has 142 valence electrons. The van der Waals surface area contributed by atoms with Crippen molar-refractivity contribution in [2.45, 2.75) is 65.2 Å². The lowest BCUT2D eigenvalue weighted by Gasteiger charge is -2.56. The molecule has 4 rings (SSSR count). The van der Waals surface area contributed by atoms with Gasteiger partial charge in [0.05, 0.1) is 5.92 Å². The largest absolute Gasteiger partial charge is 0.299 e. The second kappa shape index (κ2) is 5.32. The third-order valence-corrected chi connectivity index (χ3v) is 8.07. The van der Waals surface area contributed by atoms with Gasteiger partial charge in [-0.25, -0.2) is 8.78 Å². The number of Topliss-reactive ketones (excluding diaryl/α,β-unsaturated/α-hetero) is 2. The number of carbonyl (C=O) groups is 3. The fourth-order valence-electron chi connectivity index (χ4n) is 7.14. The number of ketones is 3. The average Bonchev–Trinajstić information content (AvgIpc) is 2.72. The van der Waals surface area contributed by atoms with E-state index in [-0.39, 0.29) is 42.2 Å². The van der Waals surface area contributed by atoms with E-state index in [2.05, 4.69) is 0 Å². The smallest absolute Gasteiger partial charge is 0.258 e. The lowest BCUT2D eigenvalue weighted by Crippen LogP contribution is -2.55. The van der Waals surface area contributed by atoms with Crippen LogP contribution >= 0.6 is 0 Å². The minimum absolute atomic E-state index is 0.0140. The first-order chi connectivity index (χ1) is 12.0. The van der Waals surface area contributed by atoms with Crippen molar-refractivity contribution in [2.24, 2.45) is 34.5 Å². The molecule has 4 aliphatic carbocycles. The highest BCUT2D eigenvalue weighted by Crippen LogP contribution is 2.68. The first-order valence-corrected chi connectivity index (χ1v) is 9.65. The number of fused-ring (bicyclic) bond motifs is 5. The Hall–Kier alpha value is -1.39. The summed E-state index contributed by atoms with van der Waals surface area (Å²) in [4.78, 5) is 37.1. The maximum atomic E-state index is 14.8. The summed E-state index contributed by atoms with van der Waals surface area (Å²) in [5, 5.41) is 0. The van der Waals surface area contributed by atoms with Crippen LogP contribution in [0.15, 0.2) is 11.6 Å². The topological polar surface area (TPSA) is 51.2 Å². The molecule has 0 N–H and O–H groups in total. The number of allylic oxidation sites excluding steroid dienone is 1. The van der Waals surface area contributed by atoms with E-state index in [0.717, 1.165) is 5.57 Å². The number of halogens is 2.